The van der Waals surface area contributed by atoms with Gasteiger partial charge >= 0.3 is 0 Å². The maximum Gasteiger partial charge on any atom is 0.137 e. The molecule has 0 radical (unpaired) electrons. The first kappa shape index (κ1) is 14.9. The van der Waals surface area contributed by atoms with E-state index in [2.05, 4.69) is 31.9 Å². The van der Waals surface area contributed by atoms with Gasteiger partial charge < -0.3 is 5.73 Å². The molecule has 0 bridgehead atoms. The van der Waals surface area contributed by atoms with Crippen LogP contribution in [0.25, 0.3) is 0 Å². The van der Waals surface area contributed by atoms with Gasteiger partial charge in [0.15, 0.2) is 0 Å². The molecule has 6 heteroatoms. The summed E-state index contributed by atoms with van der Waals surface area (Å²) in [5, 5.41) is 0.393. The molecule has 0 spiro atoms. The quantitative estimate of drug-likeness (QED) is 0.676. The van der Waals surface area contributed by atoms with Crippen LogP contribution in [0.5, 0.6) is 0 Å². The van der Waals surface area contributed by atoms with E-state index in [0.29, 0.717) is 10.6 Å². The highest BCUT2D eigenvalue weighted by molar-refractivity contribution is 9.10. The monoisotopic (exact) mass is 409 g/mol. The van der Waals surface area contributed by atoms with Gasteiger partial charge in [-0.25, -0.2) is 8.78 Å². The Morgan fingerprint density at radius 2 is 1.68 bits per heavy atom. The second-order valence-electron chi connectivity index (χ2n) is 3.93. The topological polar surface area (TPSA) is 26.0 Å². The second kappa shape index (κ2) is 5.87. The lowest BCUT2D eigenvalue weighted by molar-refractivity contribution is 0.572. The van der Waals surface area contributed by atoms with Gasteiger partial charge in [0.25, 0.3) is 0 Å². The summed E-state index contributed by atoms with van der Waals surface area (Å²) < 4.78 is 28.2. The van der Waals surface area contributed by atoms with Crippen LogP contribution < -0.4 is 5.73 Å². The number of halogens is 5. The van der Waals surface area contributed by atoms with E-state index in [0.717, 1.165) is 16.6 Å². The molecule has 1 unspecified atom stereocenters. The third-order valence-electron chi connectivity index (χ3n) is 2.67. The van der Waals surface area contributed by atoms with Crippen LogP contribution in [0.2, 0.25) is 5.02 Å². The zero-order valence-corrected chi connectivity index (χ0v) is 13.4. The smallest absolute Gasteiger partial charge is 0.137 e. The van der Waals surface area contributed by atoms with Crippen LogP contribution in [0.3, 0.4) is 0 Å². The van der Waals surface area contributed by atoms with Crippen LogP contribution in [0.1, 0.15) is 17.2 Å². The summed E-state index contributed by atoms with van der Waals surface area (Å²) >= 11 is 12.3. The van der Waals surface area contributed by atoms with Crippen molar-refractivity contribution >= 4 is 43.5 Å². The van der Waals surface area contributed by atoms with Gasteiger partial charge in [-0.05, 0) is 45.8 Å². The van der Waals surface area contributed by atoms with Crippen molar-refractivity contribution in [2.45, 2.75) is 6.04 Å². The molecule has 2 N–H and O–H groups in total. The summed E-state index contributed by atoms with van der Waals surface area (Å²) in [6.07, 6.45) is 0. The molecule has 2 rings (SSSR count). The van der Waals surface area contributed by atoms with E-state index in [4.69, 9.17) is 17.3 Å². The first-order valence-electron chi connectivity index (χ1n) is 5.25. The van der Waals surface area contributed by atoms with Crippen molar-refractivity contribution in [1.82, 2.24) is 0 Å². The zero-order chi connectivity index (χ0) is 14.2. The Balaban J connectivity index is 2.49. The molecule has 0 aromatic heterocycles. The van der Waals surface area contributed by atoms with E-state index >= 15 is 0 Å². The fourth-order valence-corrected chi connectivity index (χ4v) is 2.80. The standard InChI is InChI=1S/C13H8Br2ClF2N/c14-6-1-2-7(10(16)3-6)13(19)8-4-12(18)9(15)5-11(8)17/h1-5,13H,19H2. The number of hydrogen-bond acceptors (Lipinski definition) is 1. The van der Waals surface area contributed by atoms with Crippen molar-refractivity contribution in [1.29, 1.82) is 0 Å². The van der Waals surface area contributed by atoms with Gasteiger partial charge in [0.1, 0.15) is 11.6 Å². The van der Waals surface area contributed by atoms with Crippen LogP contribution >= 0.6 is 43.5 Å². The SMILES string of the molecule is NC(c1cc(F)c(Br)cc1F)c1ccc(Br)cc1Cl. The minimum Gasteiger partial charge on any atom is -0.320 e. The highest BCUT2D eigenvalue weighted by Gasteiger charge is 2.18. The van der Waals surface area contributed by atoms with Gasteiger partial charge in [-0.1, -0.05) is 33.6 Å². The van der Waals surface area contributed by atoms with Crippen molar-refractivity contribution in [2.75, 3.05) is 0 Å². The van der Waals surface area contributed by atoms with Crippen LogP contribution in [0.15, 0.2) is 39.3 Å². The van der Waals surface area contributed by atoms with Crippen LogP contribution in [0.4, 0.5) is 8.78 Å². The molecule has 19 heavy (non-hydrogen) atoms. The van der Waals surface area contributed by atoms with E-state index in [1.54, 1.807) is 18.2 Å². The molecule has 0 fully saturated rings. The second-order valence-corrected chi connectivity index (χ2v) is 6.11. The Labute approximate surface area is 131 Å². The average Bonchev–Trinajstić information content (AvgIpc) is 2.33. The van der Waals surface area contributed by atoms with Crippen molar-refractivity contribution in [3.05, 3.63) is 67.1 Å². The Hall–Kier alpha value is -0.490. The summed E-state index contributed by atoms with van der Waals surface area (Å²) in [6.45, 7) is 0. The van der Waals surface area contributed by atoms with Crippen molar-refractivity contribution in [3.63, 3.8) is 0 Å². The summed E-state index contributed by atoms with van der Waals surface area (Å²) in [5.41, 5.74) is 6.56. The van der Waals surface area contributed by atoms with Gasteiger partial charge in [0, 0.05) is 15.1 Å². The van der Waals surface area contributed by atoms with E-state index < -0.39 is 17.7 Å². The maximum absolute atomic E-state index is 13.8. The van der Waals surface area contributed by atoms with Gasteiger partial charge in [-0.15, -0.1) is 0 Å². The third kappa shape index (κ3) is 3.16. The Morgan fingerprint density at radius 3 is 2.32 bits per heavy atom. The molecule has 0 aliphatic carbocycles. The highest BCUT2D eigenvalue weighted by Crippen LogP contribution is 2.32. The van der Waals surface area contributed by atoms with Crippen LogP contribution in [-0.4, -0.2) is 0 Å². The van der Waals surface area contributed by atoms with Gasteiger partial charge in [-0.3, -0.25) is 0 Å². The highest BCUT2D eigenvalue weighted by atomic mass is 79.9. The van der Waals surface area contributed by atoms with Gasteiger partial charge in [-0.2, -0.15) is 0 Å². The lowest BCUT2D eigenvalue weighted by atomic mass is 9.99. The lowest BCUT2D eigenvalue weighted by Gasteiger charge is -2.16. The molecule has 0 amide bonds. The summed E-state index contributed by atoms with van der Waals surface area (Å²) in [6, 6.07) is 6.37. The molecular weight excluding hydrogens is 403 g/mol. The molecule has 0 aliphatic heterocycles. The van der Waals surface area contributed by atoms with E-state index in [1.165, 1.54) is 0 Å². The molecule has 0 heterocycles. The minimum atomic E-state index is -0.830. The fraction of sp³-hybridized carbons (Fsp3) is 0.0769. The van der Waals surface area contributed by atoms with Gasteiger partial charge in [0.05, 0.1) is 10.5 Å². The molecule has 2 aromatic carbocycles. The molecule has 1 atom stereocenters. The summed E-state index contributed by atoms with van der Waals surface area (Å²) in [4.78, 5) is 0. The van der Waals surface area contributed by atoms with Crippen LogP contribution in [-0.2, 0) is 0 Å². The minimum absolute atomic E-state index is 0.0582. The lowest BCUT2D eigenvalue weighted by Crippen LogP contribution is -2.14. The van der Waals surface area contributed by atoms with E-state index in [-0.39, 0.29) is 10.0 Å². The molecule has 1 nitrogen and oxygen atoms in total. The Morgan fingerprint density at radius 1 is 1.00 bits per heavy atom. The summed E-state index contributed by atoms with van der Waals surface area (Å²) in [5.74, 6) is -1.15. The van der Waals surface area contributed by atoms with E-state index in [9.17, 15) is 8.78 Å². The number of benzene rings is 2. The van der Waals surface area contributed by atoms with Gasteiger partial charge in [0.2, 0.25) is 0 Å². The molecule has 0 aliphatic rings. The predicted octanol–water partition coefficient (Wildman–Crippen LogP) is 5.19. The molecule has 100 valence electrons. The van der Waals surface area contributed by atoms with Crippen molar-refractivity contribution in [3.8, 4) is 0 Å². The molecule has 2 aromatic rings. The van der Waals surface area contributed by atoms with Crippen molar-refractivity contribution < 1.29 is 8.78 Å². The number of hydrogen-bond donors (Lipinski definition) is 1. The Bertz CT molecular complexity index is 634. The first-order valence-corrected chi connectivity index (χ1v) is 7.21. The summed E-state index contributed by atoms with van der Waals surface area (Å²) in [7, 11) is 0. The average molecular weight is 411 g/mol. The Kier molecular flexibility index (Phi) is 4.61. The normalized spacial score (nSPS) is 12.5. The maximum atomic E-state index is 13.8. The van der Waals surface area contributed by atoms with Crippen LogP contribution in [0, 0.1) is 11.6 Å². The third-order valence-corrected chi connectivity index (χ3v) is 4.10. The predicted molar refractivity (Wildman–Crippen MR) is 79.2 cm³/mol. The zero-order valence-electron chi connectivity index (χ0n) is 9.43. The van der Waals surface area contributed by atoms with E-state index in [1.807, 2.05) is 0 Å². The molecule has 0 saturated heterocycles. The number of nitrogens with two attached hydrogens (primary N) is 1. The fourth-order valence-electron chi connectivity index (χ4n) is 1.70. The largest absolute Gasteiger partial charge is 0.320 e. The van der Waals surface area contributed by atoms with Crippen molar-refractivity contribution in [2.24, 2.45) is 5.73 Å². The molecule has 0 saturated carbocycles. The molecular formula is C13H8Br2ClF2N. The number of rotatable bonds is 2. The first-order chi connectivity index (χ1) is 8.90.